The van der Waals surface area contributed by atoms with Crippen molar-refractivity contribution in [3.8, 4) is 0 Å². The molecule has 0 unspecified atom stereocenters. The number of hydrogen-bond acceptors (Lipinski definition) is 5. The fraction of sp³-hybridized carbons (Fsp3) is 0.545. The molecule has 1 heterocycles. The van der Waals surface area contributed by atoms with Gasteiger partial charge in [-0.1, -0.05) is 0 Å². The van der Waals surface area contributed by atoms with Crippen molar-refractivity contribution >= 4 is 21.5 Å². The molecular formula is C11H20N4O2S. The van der Waals surface area contributed by atoms with Gasteiger partial charge in [0, 0.05) is 13.1 Å². The Morgan fingerprint density at radius 2 is 2.06 bits per heavy atom. The van der Waals surface area contributed by atoms with Crippen LogP contribution in [-0.2, 0) is 10.0 Å². The summed E-state index contributed by atoms with van der Waals surface area (Å²) < 4.78 is 25.1. The number of sulfonamides is 1. The van der Waals surface area contributed by atoms with E-state index >= 15 is 0 Å². The third-order valence-electron chi connectivity index (χ3n) is 2.28. The first-order chi connectivity index (χ1) is 8.43. The molecule has 0 amide bonds. The van der Waals surface area contributed by atoms with Crippen molar-refractivity contribution in [2.75, 3.05) is 43.0 Å². The smallest absolute Gasteiger partial charge is 0.232 e. The van der Waals surface area contributed by atoms with E-state index in [-0.39, 0.29) is 5.75 Å². The number of nitrogens with zero attached hydrogens (tertiary/aromatic N) is 2. The molecule has 1 aromatic rings. The second-order valence-electron chi connectivity index (χ2n) is 4.17. The fourth-order valence-corrected chi connectivity index (χ4v) is 1.84. The number of aromatic nitrogens is 1. The van der Waals surface area contributed by atoms with Crippen molar-refractivity contribution in [2.24, 2.45) is 0 Å². The highest BCUT2D eigenvalue weighted by Crippen LogP contribution is 2.11. The van der Waals surface area contributed by atoms with E-state index in [2.05, 4.69) is 19.9 Å². The zero-order valence-corrected chi connectivity index (χ0v) is 11.8. The van der Waals surface area contributed by atoms with Crippen LogP contribution in [0.5, 0.6) is 0 Å². The first-order valence-corrected chi connectivity index (χ1v) is 7.43. The maximum atomic E-state index is 11.3. The van der Waals surface area contributed by atoms with Gasteiger partial charge >= 0.3 is 0 Å². The molecule has 2 N–H and O–H groups in total. The topological polar surface area (TPSA) is 74.3 Å². The Morgan fingerprint density at radius 1 is 1.33 bits per heavy atom. The molecule has 0 fully saturated rings. The predicted molar refractivity (Wildman–Crippen MR) is 74.4 cm³/mol. The molecule has 0 bridgehead atoms. The molecule has 0 aromatic carbocycles. The lowest BCUT2D eigenvalue weighted by Crippen LogP contribution is -2.21. The van der Waals surface area contributed by atoms with Gasteiger partial charge in [-0.3, -0.25) is 4.72 Å². The van der Waals surface area contributed by atoms with Crippen LogP contribution in [-0.4, -0.2) is 51.2 Å². The SMILES string of the molecule is CCS(=O)(=O)Nc1ccc(NCCN(C)C)nc1. The van der Waals surface area contributed by atoms with Gasteiger partial charge in [-0.15, -0.1) is 0 Å². The monoisotopic (exact) mass is 272 g/mol. The van der Waals surface area contributed by atoms with Gasteiger partial charge in [-0.05, 0) is 33.2 Å². The Hall–Kier alpha value is -1.34. The van der Waals surface area contributed by atoms with Gasteiger partial charge in [0.05, 0.1) is 17.6 Å². The standard InChI is InChI=1S/C11H20N4O2S/c1-4-18(16,17)14-10-5-6-11(13-9-10)12-7-8-15(2)3/h5-6,9,14H,4,7-8H2,1-3H3,(H,12,13). The predicted octanol–water partition coefficient (Wildman–Crippen LogP) is 0.817. The number of rotatable bonds is 7. The van der Waals surface area contributed by atoms with E-state index in [4.69, 9.17) is 0 Å². The molecule has 1 rings (SSSR count). The molecule has 0 saturated carbocycles. The summed E-state index contributed by atoms with van der Waals surface area (Å²) in [7, 11) is 0.765. The van der Waals surface area contributed by atoms with Gasteiger partial charge in [0.2, 0.25) is 10.0 Å². The molecule has 0 spiro atoms. The largest absolute Gasteiger partial charge is 0.369 e. The number of pyridine rings is 1. The average molecular weight is 272 g/mol. The maximum Gasteiger partial charge on any atom is 0.232 e. The minimum absolute atomic E-state index is 0.0514. The van der Waals surface area contributed by atoms with E-state index in [1.54, 1.807) is 19.1 Å². The molecular weight excluding hydrogens is 252 g/mol. The molecule has 0 aliphatic carbocycles. The van der Waals surface area contributed by atoms with E-state index in [1.165, 1.54) is 6.20 Å². The quantitative estimate of drug-likeness (QED) is 0.768. The Kier molecular flexibility index (Phi) is 5.36. The normalized spacial score (nSPS) is 11.6. The van der Waals surface area contributed by atoms with Crippen molar-refractivity contribution in [1.82, 2.24) is 9.88 Å². The van der Waals surface area contributed by atoms with Gasteiger partial charge in [0.15, 0.2) is 0 Å². The van der Waals surface area contributed by atoms with Crippen LogP contribution in [0.15, 0.2) is 18.3 Å². The van der Waals surface area contributed by atoms with Crippen LogP contribution < -0.4 is 10.0 Å². The molecule has 102 valence electrons. The highest BCUT2D eigenvalue weighted by Gasteiger charge is 2.06. The second-order valence-corrected chi connectivity index (χ2v) is 6.18. The van der Waals surface area contributed by atoms with Gasteiger partial charge in [-0.25, -0.2) is 13.4 Å². The van der Waals surface area contributed by atoms with Crippen LogP contribution in [0.25, 0.3) is 0 Å². The molecule has 0 saturated heterocycles. The number of anilines is 2. The van der Waals surface area contributed by atoms with Crippen LogP contribution in [0.3, 0.4) is 0 Å². The Balaban J connectivity index is 2.52. The lowest BCUT2D eigenvalue weighted by Gasteiger charge is -2.11. The van der Waals surface area contributed by atoms with Crippen molar-refractivity contribution in [2.45, 2.75) is 6.92 Å². The summed E-state index contributed by atoms with van der Waals surface area (Å²) in [5, 5.41) is 3.15. The van der Waals surface area contributed by atoms with Crippen LogP contribution in [0, 0.1) is 0 Å². The molecule has 0 aliphatic rings. The average Bonchev–Trinajstić information content (AvgIpc) is 2.31. The molecule has 18 heavy (non-hydrogen) atoms. The number of hydrogen-bond donors (Lipinski definition) is 2. The second kappa shape index (κ2) is 6.55. The highest BCUT2D eigenvalue weighted by atomic mass is 32.2. The summed E-state index contributed by atoms with van der Waals surface area (Å²) in [6, 6.07) is 3.45. The summed E-state index contributed by atoms with van der Waals surface area (Å²) in [6.45, 7) is 3.29. The molecule has 0 atom stereocenters. The van der Waals surface area contributed by atoms with Crippen molar-refractivity contribution in [1.29, 1.82) is 0 Å². The summed E-state index contributed by atoms with van der Waals surface area (Å²) >= 11 is 0. The zero-order chi connectivity index (χ0) is 13.6. The lowest BCUT2D eigenvalue weighted by molar-refractivity contribution is 0.425. The fourth-order valence-electron chi connectivity index (χ4n) is 1.22. The minimum atomic E-state index is -3.23. The van der Waals surface area contributed by atoms with Crippen molar-refractivity contribution < 1.29 is 8.42 Å². The summed E-state index contributed by atoms with van der Waals surface area (Å²) in [6.07, 6.45) is 1.51. The van der Waals surface area contributed by atoms with Crippen molar-refractivity contribution in [3.05, 3.63) is 18.3 Å². The van der Waals surface area contributed by atoms with E-state index in [1.807, 2.05) is 14.1 Å². The first-order valence-electron chi connectivity index (χ1n) is 5.78. The third-order valence-corrected chi connectivity index (χ3v) is 3.59. The summed E-state index contributed by atoms with van der Waals surface area (Å²) in [5.41, 5.74) is 0.481. The maximum absolute atomic E-state index is 11.3. The minimum Gasteiger partial charge on any atom is -0.369 e. The third kappa shape index (κ3) is 5.33. The first kappa shape index (κ1) is 14.7. The molecule has 0 aliphatic heterocycles. The molecule has 7 heteroatoms. The van der Waals surface area contributed by atoms with Crippen molar-refractivity contribution in [3.63, 3.8) is 0 Å². The van der Waals surface area contributed by atoms with E-state index in [0.717, 1.165) is 18.9 Å². The molecule has 1 aromatic heterocycles. The van der Waals surface area contributed by atoms with Gasteiger partial charge < -0.3 is 10.2 Å². The van der Waals surface area contributed by atoms with E-state index < -0.39 is 10.0 Å². The van der Waals surface area contributed by atoms with Gasteiger partial charge in [-0.2, -0.15) is 0 Å². The van der Waals surface area contributed by atoms with Gasteiger partial charge in [0.1, 0.15) is 5.82 Å². The van der Waals surface area contributed by atoms with Crippen LogP contribution in [0.1, 0.15) is 6.92 Å². The Morgan fingerprint density at radius 3 is 2.56 bits per heavy atom. The van der Waals surface area contributed by atoms with Crippen LogP contribution in [0.2, 0.25) is 0 Å². The summed E-state index contributed by atoms with van der Waals surface area (Å²) in [5.74, 6) is 0.784. The number of nitrogens with one attached hydrogen (secondary N) is 2. The molecule has 6 nitrogen and oxygen atoms in total. The molecule has 0 radical (unpaired) electrons. The van der Waals surface area contributed by atoms with E-state index in [9.17, 15) is 8.42 Å². The summed E-state index contributed by atoms with van der Waals surface area (Å²) in [4.78, 5) is 6.20. The Bertz CT molecular complexity index is 456. The Labute approximate surface area is 108 Å². The highest BCUT2D eigenvalue weighted by molar-refractivity contribution is 7.92. The van der Waals surface area contributed by atoms with E-state index in [0.29, 0.717) is 5.69 Å². The van der Waals surface area contributed by atoms with Crippen LogP contribution in [0.4, 0.5) is 11.5 Å². The number of likely N-dealkylation sites (N-methyl/N-ethyl adjacent to an activating group) is 1. The lowest BCUT2D eigenvalue weighted by atomic mass is 10.4. The van der Waals surface area contributed by atoms with Gasteiger partial charge in [0.25, 0.3) is 0 Å². The van der Waals surface area contributed by atoms with Crippen LogP contribution >= 0.6 is 0 Å². The zero-order valence-electron chi connectivity index (χ0n) is 11.0.